The number of nitrogens with one attached hydrogen (secondary N) is 1. The van der Waals surface area contributed by atoms with Gasteiger partial charge in [-0.25, -0.2) is 0 Å². The summed E-state index contributed by atoms with van der Waals surface area (Å²) >= 11 is 0. The average Bonchev–Trinajstić information content (AvgIpc) is 2.82. The van der Waals surface area contributed by atoms with E-state index in [1.807, 2.05) is 24.3 Å². The lowest BCUT2D eigenvalue weighted by atomic mass is 10.2. The van der Waals surface area contributed by atoms with Gasteiger partial charge in [0.05, 0.1) is 13.7 Å². The monoisotopic (exact) mass is 221 g/mol. The SMILES string of the molecule is COc1cccc(OCCC2CCCN2)c1. The van der Waals surface area contributed by atoms with E-state index in [0.717, 1.165) is 31.1 Å². The highest BCUT2D eigenvalue weighted by Gasteiger charge is 2.13. The van der Waals surface area contributed by atoms with Crippen molar-refractivity contribution in [2.24, 2.45) is 0 Å². The molecule has 1 aromatic carbocycles. The van der Waals surface area contributed by atoms with E-state index < -0.39 is 0 Å². The fourth-order valence-electron chi connectivity index (χ4n) is 2.01. The predicted molar refractivity (Wildman–Crippen MR) is 64.1 cm³/mol. The van der Waals surface area contributed by atoms with Crippen molar-refractivity contribution in [1.29, 1.82) is 0 Å². The van der Waals surface area contributed by atoms with Gasteiger partial charge in [0.25, 0.3) is 0 Å². The summed E-state index contributed by atoms with van der Waals surface area (Å²) in [5, 5.41) is 3.46. The number of methoxy groups -OCH3 is 1. The fraction of sp³-hybridized carbons (Fsp3) is 0.538. The van der Waals surface area contributed by atoms with E-state index in [-0.39, 0.29) is 0 Å². The van der Waals surface area contributed by atoms with Gasteiger partial charge in [-0.15, -0.1) is 0 Å². The van der Waals surface area contributed by atoms with E-state index in [2.05, 4.69) is 5.32 Å². The predicted octanol–water partition coefficient (Wildman–Crippen LogP) is 2.22. The third-order valence-corrected chi connectivity index (χ3v) is 2.94. The summed E-state index contributed by atoms with van der Waals surface area (Å²) < 4.78 is 10.8. The van der Waals surface area contributed by atoms with E-state index in [4.69, 9.17) is 9.47 Å². The fourth-order valence-corrected chi connectivity index (χ4v) is 2.01. The van der Waals surface area contributed by atoms with Crippen LogP contribution in [0.1, 0.15) is 19.3 Å². The largest absolute Gasteiger partial charge is 0.497 e. The van der Waals surface area contributed by atoms with Gasteiger partial charge in [0.15, 0.2) is 0 Å². The highest BCUT2D eigenvalue weighted by molar-refractivity contribution is 5.32. The van der Waals surface area contributed by atoms with Crippen LogP contribution in [0.25, 0.3) is 0 Å². The minimum Gasteiger partial charge on any atom is -0.497 e. The molecule has 2 rings (SSSR count). The number of benzene rings is 1. The summed E-state index contributed by atoms with van der Waals surface area (Å²) in [6.45, 7) is 1.93. The van der Waals surface area contributed by atoms with Gasteiger partial charge in [0.2, 0.25) is 0 Å². The molecule has 3 nitrogen and oxygen atoms in total. The lowest BCUT2D eigenvalue weighted by molar-refractivity contribution is 0.290. The summed E-state index contributed by atoms with van der Waals surface area (Å²) in [4.78, 5) is 0. The van der Waals surface area contributed by atoms with Crippen LogP contribution >= 0.6 is 0 Å². The minimum atomic E-state index is 0.644. The first-order valence-corrected chi connectivity index (χ1v) is 5.89. The van der Waals surface area contributed by atoms with Crippen molar-refractivity contribution in [3.8, 4) is 11.5 Å². The van der Waals surface area contributed by atoms with Crippen LogP contribution in [0.4, 0.5) is 0 Å². The van der Waals surface area contributed by atoms with Crippen LogP contribution in [0.2, 0.25) is 0 Å². The van der Waals surface area contributed by atoms with Gasteiger partial charge in [0.1, 0.15) is 11.5 Å². The molecular weight excluding hydrogens is 202 g/mol. The number of ether oxygens (including phenoxy) is 2. The molecule has 1 N–H and O–H groups in total. The molecular formula is C13H19NO2. The van der Waals surface area contributed by atoms with Gasteiger partial charge in [0, 0.05) is 12.1 Å². The highest BCUT2D eigenvalue weighted by Crippen LogP contribution is 2.19. The van der Waals surface area contributed by atoms with Gasteiger partial charge in [-0.2, -0.15) is 0 Å². The molecule has 1 fully saturated rings. The molecule has 1 atom stereocenters. The van der Waals surface area contributed by atoms with Crippen molar-refractivity contribution < 1.29 is 9.47 Å². The van der Waals surface area contributed by atoms with Crippen molar-refractivity contribution in [2.75, 3.05) is 20.3 Å². The zero-order valence-corrected chi connectivity index (χ0v) is 9.74. The molecule has 1 aliphatic heterocycles. The second kappa shape index (κ2) is 5.75. The van der Waals surface area contributed by atoms with Gasteiger partial charge < -0.3 is 14.8 Å². The Bertz CT molecular complexity index is 321. The summed E-state index contributed by atoms with van der Waals surface area (Å²) in [6, 6.07) is 8.39. The van der Waals surface area contributed by atoms with E-state index in [9.17, 15) is 0 Å². The van der Waals surface area contributed by atoms with Gasteiger partial charge in [-0.3, -0.25) is 0 Å². The van der Waals surface area contributed by atoms with Crippen LogP contribution < -0.4 is 14.8 Å². The number of rotatable bonds is 5. The maximum atomic E-state index is 5.69. The topological polar surface area (TPSA) is 30.5 Å². The standard InChI is InChI=1S/C13H19NO2/c1-15-12-5-2-6-13(10-12)16-9-7-11-4-3-8-14-11/h2,5-6,10-11,14H,3-4,7-9H2,1H3. The lowest BCUT2D eigenvalue weighted by Crippen LogP contribution is -2.23. The molecule has 1 unspecified atom stereocenters. The Labute approximate surface area is 96.8 Å². The van der Waals surface area contributed by atoms with Crippen molar-refractivity contribution in [3.63, 3.8) is 0 Å². The second-order valence-electron chi connectivity index (χ2n) is 4.11. The highest BCUT2D eigenvalue weighted by atomic mass is 16.5. The number of hydrogen-bond acceptors (Lipinski definition) is 3. The summed E-state index contributed by atoms with van der Waals surface area (Å²) in [7, 11) is 1.67. The third-order valence-electron chi connectivity index (χ3n) is 2.94. The smallest absolute Gasteiger partial charge is 0.122 e. The molecule has 1 heterocycles. The Morgan fingerprint density at radius 1 is 1.38 bits per heavy atom. The van der Waals surface area contributed by atoms with E-state index in [1.165, 1.54) is 12.8 Å². The average molecular weight is 221 g/mol. The normalized spacial score (nSPS) is 19.7. The molecule has 0 aliphatic carbocycles. The Hall–Kier alpha value is -1.22. The molecule has 0 saturated carbocycles. The first-order valence-electron chi connectivity index (χ1n) is 5.89. The van der Waals surface area contributed by atoms with E-state index in [1.54, 1.807) is 7.11 Å². The molecule has 0 bridgehead atoms. The zero-order chi connectivity index (χ0) is 11.2. The molecule has 0 radical (unpaired) electrons. The first-order chi connectivity index (χ1) is 7.88. The van der Waals surface area contributed by atoms with Gasteiger partial charge >= 0.3 is 0 Å². The molecule has 16 heavy (non-hydrogen) atoms. The van der Waals surface area contributed by atoms with Crippen molar-refractivity contribution >= 4 is 0 Å². The van der Waals surface area contributed by atoms with Crippen LogP contribution in [0.5, 0.6) is 11.5 Å². The Balaban J connectivity index is 1.75. The Kier molecular flexibility index (Phi) is 4.05. The van der Waals surface area contributed by atoms with Crippen LogP contribution in [0.15, 0.2) is 24.3 Å². The van der Waals surface area contributed by atoms with Crippen molar-refractivity contribution in [1.82, 2.24) is 5.32 Å². The van der Waals surface area contributed by atoms with Gasteiger partial charge in [-0.1, -0.05) is 6.07 Å². The third kappa shape index (κ3) is 3.14. The Morgan fingerprint density at radius 3 is 3.00 bits per heavy atom. The summed E-state index contributed by atoms with van der Waals surface area (Å²) in [5.74, 6) is 1.73. The van der Waals surface area contributed by atoms with Crippen molar-refractivity contribution in [2.45, 2.75) is 25.3 Å². The molecule has 1 saturated heterocycles. The van der Waals surface area contributed by atoms with Crippen LogP contribution in [0.3, 0.4) is 0 Å². The molecule has 3 heteroatoms. The maximum absolute atomic E-state index is 5.69. The molecule has 88 valence electrons. The molecule has 0 aromatic heterocycles. The van der Waals surface area contributed by atoms with Crippen molar-refractivity contribution in [3.05, 3.63) is 24.3 Å². The summed E-state index contributed by atoms with van der Waals surface area (Å²) in [5.41, 5.74) is 0. The quantitative estimate of drug-likeness (QED) is 0.827. The Morgan fingerprint density at radius 2 is 2.25 bits per heavy atom. The van der Waals surface area contributed by atoms with Gasteiger partial charge in [-0.05, 0) is 37.9 Å². The van der Waals surface area contributed by atoms with Crippen LogP contribution in [0, 0.1) is 0 Å². The molecule has 1 aromatic rings. The maximum Gasteiger partial charge on any atom is 0.122 e. The second-order valence-corrected chi connectivity index (χ2v) is 4.11. The van der Waals surface area contributed by atoms with Crippen LogP contribution in [-0.2, 0) is 0 Å². The first kappa shape index (κ1) is 11.3. The molecule has 1 aliphatic rings. The van der Waals surface area contributed by atoms with Crippen LogP contribution in [-0.4, -0.2) is 26.3 Å². The number of hydrogen-bond donors (Lipinski definition) is 1. The molecule has 0 amide bonds. The zero-order valence-electron chi connectivity index (χ0n) is 9.74. The lowest BCUT2D eigenvalue weighted by Gasteiger charge is -2.11. The summed E-state index contributed by atoms with van der Waals surface area (Å²) in [6.07, 6.45) is 3.66. The van der Waals surface area contributed by atoms with E-state index in [0.29, 0.717) is 6.04 Å². The van der Waals surface area contributed by atoms with E-state index >= 15 is 0 Å². The molecule has 0 spiro atoms. The minimum absolute atomic E-state index is 0.644.